The fourth-order valence-electron chi connectivity index (χ4n) is 1.33. The molecule has 0 saturated carbocycles. The van der Waals surface area contributed by atoms with E-state index in [9.17, 15) is 0 Å². The van der Waals surface area contributed by atoms with Crippen LogP contribution < -0.4 is 4.74 Å². The Morgan fingerprint density at radius 3 is 2.50 bits per heavy atom. The zero-order valence-electron chi connectivity index (χ0n) is 9.61. The molecule has 1 aromatic carbocycles. The highest BCUT2D eigenvalue weighted by atomic mass is 35.5. The third-order valence-electron chi connectivity index (χ3n) is 2.60. The van der Waals surface area contributed by atoms with Crippen LogP contribution in [-0.2, 0) is 0 Å². The van der Waals surface area contributed by atoms with Crippen LogP contribution in [0.3, 0.4) is 0 Å². The fraction of sp³-hybridized carbons (Fsp3) is 0.462. The van der Waals surface area contributed by atoms with Gasteiger partial charge in [-0.05, 0) is 30.0 Å². The van der Waals surface area contributed by atoms with Crippen molar-refractivity contribution < 1.29 is 4.74 Å². The van der Waals surface area contributed by atoms with Crippen molar-refractivity contribution in [1.29, 1.82) is 5.26 Å². The largest absolute Gasteiger partial charge is 0.491 e. The van der Waals surface area contributed by atoms with E-state index in [0.717, 1.165) is 12.2 Å². The average Bonchev–Trinajstić information content (AvgIpc) is 2.35. The predicted octanol–water partition coefficient (Wildman–Crippen LogP) is 3.71. The standard InChI is InChI=1S/C13H16ClNO/c1-3-10(2)11-4-6-13(7-5-11)16-9-12(14)8-15/h4-7,10,12H,3,9H2,1-2H3. The van der Waals surface area contributed by atoms with Crippen molar-refractivity contribution in [2.24, 2.45) is 0 Å². The third kappa shape index (κ3) is 3.75. The smallest absolute Gasteiger partial charge is 0.154 e. The molecule has 0 amide bonds. The molecular weight excluding hydrogens is 222 g/mol. The van der Waals surface area contributed by atoms with Crippen LogP contribution in [0.15, 0.2) is 24.3 Å². The van der Waals surface area contributed by atoms with Crippen LogP contribution in [0, 0.1) is 11.3 Å². The summed E-state index contributed by atoms with van der Waals surface area (Å²) < 4.78 is 5.37. The number of nitrogens with zero attached hydrogens (tertiary/aromatic N) is 1. The van der Waals surface area contributed by atoms with Crippen LogP contribution in [0.5, 0.6) is 5.75 Å². The summed E-state index contributed by atoms with van der Waals surface area (Å²) in [4.78, 5) is 0. The molecule has 2 nitrogen and oxygen atoms in total. The van der Waals surface area contributed by atoms with Gasteiger partial charge in [-0.25, -0.2) is 0 Å². The molecule has 0 N–H and O–H groups in total. The molecule has 0 bridgehead atoms. The summed E-state index contributed by atoms with van der Waals surface area (Å²) in [6.45, 7) is 4.58. The van der Waals surface area contributed by atoms with Crippen molar-refractivity contribution in [3.05, 3.63) is 29.8 Å². The van der Waals surface area contributed by atoms with Crippen LogP contribution in [-0.4, -0.2) is 12.0 Å². The monoisotopic (exact) mass is 237 g/mol. The lowest BCUT2D eigenvalue weighted by molar-refractivity contribution is 0.329. The van der Waals surface area contributed by atoms with Crippen LogP contribution in [0.4, 0.5) is 0 Å². The Morgan fingerprint density at radius 1 is 1.38 bits per heavy atom. The van der Waals surface area contributed by atoms with E-state index < -0.39 is 5.38 Å². The summed E-state index contributed by atoms with van der Waals surface area (Å²) in [5, 5.41) is 7.91. The van der Waals surface area contributed by atoms with Gasteiger partial charge in [0.2, 0.25) is 0 Å². The van der Waals surface area contributed by atoms with Gasteiger partial charge in [0.25, 0.3) is 0 Å². The maximum absolute atomic E-state index is 8.50. The third-order valence-corrected chi connectivity index (χ3v) is 2.82. The van der Waals surface area contributed by atoms with E-state index in [1.165, 1.54) is 5.56 Å². The molecule has 1 rings (SSSR count). The number of hydrogen-bond acceptors (Lipinski definition) is 2. The first kappa shape index (κ1) is 12.9. The van der Waals surface area contributed by atoms with Crippen molar-refractivity contribution in [3.63, 3.8) is 0 Å². The normalized spacial score (nSPS) is 13.9. The number of rotatable bonds is 5. The number of benzene rings is 1. The highest BCUT2D eigenvalue weighted by Gasteiger charge is 2.05. The lowest BCUT2D eigenvalue weighted by atomic mass is 9.99. The Balaban J connectivity index is 2.55. The second-order valence-electron chi connectivity index (χ2n) is 3.79. The van der Waals surface area contributed by atoms with Gasteiger partial charge < -0.3 is 4.74 Å². The van der Waals surface area contributed by atoms with Crippen LogP contribution in [0.1, 0.15) is 31.7 Å². The van der Waals surface area contributed by atoms with E-state index in [0.29, 0.717) is 5.92 Å². The van der Waals surface area contributed by atoms with E-state index >= 15 is 0 Å². The van der Waals surface area contributed by atoms with Gasteiger partial charge in [-0.15, -0.1) is 11.6 Å². The first-order chi connectivity index (χ1) is 7.67. The minimum Gasteiger partial charge on any atom is -0.491 e. The van der Waals surface area contributed by atoms with Gasteiger partial charge in [0.15, 0.2) is 5.38 Å². The second-order valence-corrected chi connectivity index (χ2v) is 4.31. The molecule has 1 aromatic rings. The number of hydrogen-bond donors (Lipinski definition) is 0. The highest BCUT2D eigenvalue weighted by molar-refractivity contribution is 6.22. The van der Waals surface area contributed by atoms with Gasteiger partial charge in [-0.1, -0.05) is 26.0 Å². The molecule has 2 atom stereocenters. The van der Waals surface area contributed by atoms with Crippen LogP contribution in [0.25, 0.3) is 0 Å². The van der Waals surface area contributed by atoms with Gasteiger partial charge in [-0.2, -0.15) is 5.26 Å². The molecule has 0 aliphatic heterocycles. The molecule has 0 radical (unpaired) electrons. The first-order valence-corrected chi connectivity index (χ1v) is 5.87. The van der Waals surface area contributed by atoms with Gasteiger partial charge in [0, 0.05) is 0 Å². The Bertz CT molecular complexity index is 355. The number of halogens is 1. The van der Waals surface area contributed by atoms with Crippen molar-refractivity contribution in [3.8, 4) is 11.8 Å². The molecule has 0 aromatic heterocycles. The van der Waals surface area contributed by atoms with Gasteiger partial charge in [-0.3, -0.25) is 0 Å². The zero-order valence-corrected chi connectivity index (χ0v) is 10.4. The summed E-state index contributed by atoms with van der Waals surface area (Å²) >= 11 is 5.63. The average molecular weight is 238 g/mol. The van der Waals surface area contributed by atoms with Crippen molar-refractivity contribution in [2.45, 2.75) is 31.6 Å². The summed E-state index contributed by atoms with van der Waals surface area (Å²) in [6, 6.07) is 9.86. The summed E-state index contributed by atoms with van der Waals surface area (Å²) in [6.07, 6.45) is 1.12. The van der Waals surface area contributed by atoms with Crippen LogP contribution >= 0.6 is 11.6 Å². The minimum absolute atomic E-state index is 0.223. The summed E-state index contributed by atoms with van der Waals surface area (Å²) in [5.74, 6) is 1.32. The van der Waals surface area contributed by atoms with Crippen molar-refractivity contribution in [2.75, 3.05) is 6.61 Å². The molecule has 16 heavy (non-hydrogen) atoms. The molecule has 0 fully saturated rings. The Kier molecular flexibility index (Phi) is 5.14. The molecule has 86 valence electrons. The molecular formula is C13H16ClNO. The van der Waals surface area contributed by atoms with Crippen molar-refractivity contribution in [1.82, 2.24) is 0 Å². The lowest BCUT2D eigenvalue weighted by Crippen LogP contribution is -2.09. The van der Waals surface area contributed by atoms with Gasteiger partial charge in [0.05, 0.1) is 6.07 Å². The van der Waals surface area contributed by atoms with Gasteiger partial charge in [0.1, 0.15) is 12.4 Å². The number of ether oxygens (including phenoxy) is 1. The quantitative estimate of drug-likeness (QED) is 0.732. The highest BCUT2D eigenvalue weighted by Crippen LogP contribution is 2.21. The van der Waals surface area contributed by atoms with E-state index in [1.807, 2.05) is 18.2 Å². The molecule has 3 heteroatoms. The van der Waals surface area contributed by atoms with E-state index in [2.05, 4.69) is 26.0 Å². The van der Waals surface area contributed by atoms with Crippen LogP contribution in [0.2, 0.25) is 0 Å². The number of nitriles is 1. The molecule has 2 unspecified atom stereocenters. The maximum Gasteiger partial charge on any atom is 0.154 e. The Hall–Kier alpha value is -1.20. The Labute approximate surface area is 102 Å². The topological polar surface area (TPSA) is 33.0 Å². The lowest BCUT2D eigenvalue weighted by Gasteiger charge is -2.10. The first-order valence-electron chi connectivity index (χ1n) is 5.43. The van der Waals surface area contributed by atoms with E-state index in [1.54, 1.807) is 0 Å². The molecule has 0 saturated heterocycles. The molecule has 0 aliphatic carbocycles. The molecule has 0 heterocycles. The summed E-state index contributed by atoms with van der Waals surface area (Å²) in [5.41, 5.74) is 1.30. The van der Waals surface area contributed by atoms with E-state index in [-0.39, 0.29) is 6.61 Å². The Morgan fingerprint density at radius 2 is 2.00 bits per heavy atom. The fourth-order valence-corrected chi connectivity index (χ4v) is 1.40. The molecule has 0 aliphatic rings. The van der Waals surface area contributed by atoms with Gasteiger partial charge >= 0.3 is 0 Å². The van der Waals surface area contributed by atoms with E-state index in [4.69, 9.17) is 21.6 Å². The maximum atomic E-state index is 8.50. The minimum atomic E-state index is -0.589. The number of alkyl halides is 1. The summed E-state index contributed by atoms with van der Waals surface area (Å²) in [7, 11) is 0. The SMILES string of the molecule is CCC(C)c1ccc(OCC(Cl)C#N)cc1. The predicted molar refractivity (Wildman–Crippen MR) is 65.9 cm³/mol. The zero-order chi connectivity index (χ0) is 12.0. The molecule has 0 spiro atoms. The second kappa shape index (κ2) is 6.40. The van der Waals surface area contributed by atoms with Crippen molar-refractivity contribution >= 4 is 11.6 Å².